The van der Waals surface area contributed by atoms with Gasteiger partial charge in [-0.3, -0.25) is 0 Å². The molecule has 0 atom stereocenters. The fraction of sp³-hybridized carbons (Fsp3) is 0.538. The lowest BCUT2D eigenvalue weighted by atomic mass is 10.2. The van der Waals surface area contributed by atoms with Crippen LogP contribution in [0.25, 0.3) is 0 Å². The van der Waals surface area contributed by atoms with Gasteiger partial charge in [-0.25, -0.2) is 4.39 Å². The van der Waals surface area contributed by atoms with E-state index in [0.29, 0.717) is 25.2 Å². The van der Waals surface area contributed by atoms with E-state index in [4.69, 9.17) is 0 Å². The van der Waals surface area contributed by atoms with Gasteiger partial charge < -0.3 is 10.2 Å². The molecule has 0 fully saturated rings. The van der Waals surface area contributed by atoms with Crippen LogP contribution >= 0.6 is 0 Å². The Morgan fingerprint density at radius 2 is 1.89 bits per heavy atom. The fourth-order valence-corrected chi connectivity index (χ4v) is 1.63. The molecular weight excluding hydrogens is 260 g/mol. The number of nitrogens with zero attached hydrogens (tertiary/aromatic N) is 1. The second kappa shape index (κ2) is 6.23. The van der Waals surface area contributed by atoms with Gasteiger partial charge in [0.25, 0.3) is 0 Å². The van der Waals surface area contributed by atoms with Gasteiger partial charge in [0.15, 0.2) is 0 Å². The summed E-state index contributed by atoms with van der Waals surface area (Å²) in [4.78, 5) is 1.59. The van der Waals surface area contributed by atoms with E-state index in [1.807, 2.05) is 13.8 Å². The van der Waals surface area contributed by atoms with E-state index in [9.17, 15) is 17.6 Å². The van der Waals surface area contributed by atoms with Crippen molar-refractivity contribution < 1.29 is 17.6 Å². The third kappa shape index (κ3) is 4.70. The van der Waals surface area contributed by atoms with E-state index >= 15 is 0 Å². The van der Waals surface area contributed by atoms with E-state index in [2.05, 4.69) is 5.32 Å². The molecule has 0 bridgehead atoms. The summed E-state index contributed by atoms with van der Waals surface area (Å²) < 4.78 is 50.9. The number of likely N-dealkylation sites (N-methyl/N-ethyl adjacent to an activating group) is 1. The first-order valence-electron chi connectivity index (χ1n) is 6.03. The Hall–Kier alpha value is -1.30. The summed E-state index contributed by atoms with van der Waals surface area (Å²) in [5, 5.41) is 3.16. The van der Waals surface area contributed by atoms with E-state index in [-0.39, 0.29) is 5.69 Å². The number of rotatable bonds is 5. The second-order valence-corrected chi connectivity index (χ2v) is 4.69. The number of halogens is 4. The normalized spacial score (nSPS) is 12.0. The van der Waals surface area contributed by atoms with E-state index in [1.165, 1.54) is 0 Å². The predicted molar refractivity (Wildman–Crippen MR) is 67.8 cm³/mol. The first-order chi connectivity index (χ1) is 8.71. The number of anilines is 1. The lowest BCUT2D eigenvalue weighted by Crippen LogP contribution is -2.33. The molecule has 0 unspecified atom stereocenters. The maximum Gasteiger partial charge on any atom is 0.416 e. The summed E-state index contributed by atoms with van der Waals surface area (Å²) in [6.07, 6.45) is -4.52. The molecule has 19 heavy (non-hydrogen) atoms. The monoisotopic (exact) mass is 278 g/mol. The SMILES string of the molecule is CC(C)NCCN(C)c1ccc(C(F)(F)F)cc1F. The van der Waals surface area contributed by atoms with Crippen LogP contribution in [0.3, 0.4) is 0 Å². The number of alkyl halides is 3. The molecule has 6 heteroatoms. The van der Waals surface area contributed by atoms with E-state index < -0.39 is 17.6 Å². The summed E-state index contributed by atoms with van der Waals surface area (Å²) in [5.74, 6) is -0.859. The van der Waals surface area contributed by atoms with Crippen molar-refractivity contribution in [3.8, 4) is 0 Å². The highest BCUT2D eigenvalue weighted by Gasteiger charge is 2.31. The van der Waals surface area contributed by atoms with Crippen LogP contribution in [0.4, 0.5) is 23.2 Å². The van der Waals surface area contributed by atoms with Gasteiger partial charge in [-0.1, -0.05) is 13.8 Å². The van der Waals surface area contributed by atoms with Crippen LogP contribution < -0.4 is 10.2 Å². The topological polar surface area (TPSA) is 15.3 Å². The molecule has 108 valence electrons. The molecule has 0 amide bonds. The van der Waals surface area contributed by atoms with Crippen molar-refractivity contribution >= 4 is 5.69 Å². The predicted octanol–water partition coefficient (Wildman–Crippen LogP) is 3.28. The molecule has 1 aromatic carbocycles. The van der Waals surface area contributed by atoms with Crippen molar-refractivity contribution in [2.24, 2.45) is 0 Å². The smallest absolute Gasteiger partial charge is 0.371 e. The molecule has 0 aliphatic carbocycles. The quantitative estimate of drug-likeness (QED) is 0.832. The summed E-state index contributed by atoms with van der Waals surface area (Å²) in [7, 11) is 1.65. The van der Waals surface area contributed by atoms with Gasteiger partial charge in [-0.15, -0.1) is 0 Å². The van der Waals surface area contributed by atoms with Crippen LogP contribution in [0.15, 0.2) is 18.2 Å². The van der Waals surface area contributed by atoms with Gasteiger partial charge >= 0.3 is 6.18 Å². The van der Waals surface area contributed by atoms with Gasteiger partial charge in [-0.05, 0) is 18.2 Å². The van der Waals surface area contributed by atoms with Crippen LogP contribution in [0.2, 0.25) is 0 Å². The Kier molecular flexibility index (Phi) is 5.17. The maximum atomic E-state index is 13.7. The van der Waals surface area contributed by atoms with Gasteiger partial charge in [-0.2, -0.15) is 13.2 Å². The number of nitrogens with one attached hydrogen (secondary N) is 1. The van der Waals surface area contributed by atoms with Crippen LogP contribution in [0.5, 0.6) is 0 Å². The van der Waals surface area contributed by atoms with Crippen molar-refractivity contribution in [2.75, 3.05) is 25.0 Å². The highest BCUT2D eigenvalue weighted by atomic mass is 19.4. The van der Waals surface area contributed by atoms with Crippen molar-refractivity contribution in [3.05, 3.63) is 29.6 Å². The first-order valence-corrected chi connectivity index (χ1v) is 6.03. The summed E-state index contributed by atoms with van der Waals surface area (Å²) in [5.41, 5.74) is -0.805. The fourth-order valence-electron chi connectivity index (χ4n) is 1.63. The molecule has 0 aliphatic rings. The molecule has 0 heterocycles. The molecule has 0 aliphatic heterocycles. The first kappa shape index (κ1) is 15.8. The van der Waals surface area contributed by atoms with Gasteiger partial charge in [0.05, 0.1) is 11.3 Å². The van der Waals surface area contributed by atoms with Crippen molar-refractivity contribution in [2.45, 2.75) is 26.1 Å². The zero-order chi connectivity index (χ0) is 14.6. The standard InChI is InChI=1S/C13H18F4N2/c1-9(2)18-6-7-19(3)12-5-4-10(8-11(12)14)13(15,16)17/h4-5,8-9,18H,6-7H2,1-3H3. The van der Waals surface area contributed by atoms with Gasteiger partial charge in [0, 0.05) is 26.2 Å². The van der Waals surface area contributed by atoms with Gasteiger partial charge in [0.2, 0.25) is 0 Å². The zero-order valence-electron chi connectivity index (χ0n) is 11.2. The lowest BCUT2D eigenvalue weighted by molar-refractivity contribution is -0.137. The molecule has 2 nitrogen and oxygen atoms in total. The Morgan fingerprint density at radius 3 is 2.37 bits per heavy atom. The van der Waals surface area contributed by atoms with E-state index in [1.54, 1.807) is 11.9 Å². The molecular formula is C13H18F4N2. The van der Waals surface area contributed by atoms with Crippen molar-refractivity contribution in [1.29, 1.82) is 0 Å². The molecule has 1 N–H and O–H groups in total. The number of benzene rings is 1. The molecule has 1 aromatic rings. The van der Waals surface area contributed by atoms with Crippen LogP contribution in [-0.2, 0) is 6.18 Å². The van der Waals surface area contributed by atoms with Crippen LogP contribution in [0.1, 0.15) is 19.4 Å². The maximum absolute atomic E-state index is 13.7. The Bertz CT molecular complexity index is 416. The molecule has 0 spiro atoms. The minimum absolute atomic E-state index is 0.165. The number of hydrogen-bond acceptors (Lipinski definition) is 2. The lowest BCUT2D eigenvalue weighted by Gasteiger charge is -2.21. The minimum atomic E-state index is -4.52. The van der Waals surface area contributed by atoms with E-state index in [0.717, 1.165) is 12.1 Å². The largest absolute Gasteiger partial charge is 0.416 e. The van der Waals surface area contributed by atoms with Crippen LogP contribution in [0, 0.1) is 5.82 Å². The Morgan fingerprint density at radius 1 is 1.26 bits per heavy atom. The minimum Gasteiger partial charge on any atom is -0.371 e. The van der Waals surface area contributed by atoms with Crippen LogP contribution in [-0.4, -0.2) is 26.2 Å². The highest BCUT2D eigenvalue weighted by Crippen LogP contribution is 2.31. The second-order valence-electron chi connectivity index (χ2n) is 4.69. The number of hydrogen-bond donors (Lipinski definition) is 1. The Labute approximate surface area is 110 Å². The summed E-state index contributed by atoms with van der Waals surface area (Å²) >= 11 is 0. The Balaban J connectivity index is 2.73. The summed E-state index contributed by atoms with van der Waals surface area (Å²) in [6.45, 7) is 5.12. The molecule has 0 aromatic heterocycles. The summed E-state index contributed by atoms with van der Waals surface area (Å²) in [6, 6.07) is 2.89. The molecule has 1 rings (SSSR count). The average Bonchev–Trinajstić information content (AvgIpc) is 2.26. The molecule has 0 saturated heterocycles. The zero-order valence-corrected chi connectivity index (χ0v) is 11.2. The average molecular weight is 278 g/mol. The molecule has 0 radical (unpaired) electrons. The third-order valence-corrected chi connectivity index (χ3v) is 2.69. The molecule has 0 saturated carbocycles. The van der Waals surface area contributed by atoms with Crippen molar-refractivity contribution in [1.82, 2.24) is 5.32 Å². The third-order valence-electron chi connectivity index (χ3n) is 2.69. The highest BCUT2D eigenvalue weighted by molar-refractivity contribution is 5.48. The van der Waals surface area contributed by atoms with Crippen molar-refractivity contribution in [3.63, 3.8) is 0 Å². The van der Waals surface area contributed by atoms with Gasteiger partial charge in [0.1, 0.15) is 5.82 Å².